The fourth-order valence-electron chi connectivity index (χ4n) is 2.75. The van der Waals surface area contributed by atoms with Crippen molar-refractivity contribution in [2.45, 2.75) is 31.3 Å². The summed E-state index contributed by atoms with van der Waals surface area (Å²) in [6.07, 6.45) is 6.47. The molecule has 0 radical (unpaired) electrons. The van der Waals surface area contributed by atoms with E-state index in [0.717, 1.165) is 19.3 Å². The van der Waals surface area contributed by atoms with E-state index in [1.54, 1.807) is 49.8 Å². The quantitative estimate of drug-likeness (QED) is 0.840. The number of halogens is 1. The van der Waals surface area contributed by atoms with E-state index in [9.17, 15) is 4.79 Å². The molecular weight excluding hydrogens is 328 g/mol. The number of hydrogen-bond donors (Lipinski definition) is 1. The van der Waals surface area contributed by atoms with E-state index in [4.69, 9.17) is 21.1 Å². The summed E-state index contributed by atoms with van der Waals surface area (Å²) in [6.45, 7) is 0. The van der Waals surface area contributed by atoms with Crippen LogP contribution in [0, 0.1) is 0 Å². The number of pyridine rings is 1. The Bertz CT molecular complexity index is 712. The molecule has 1 aliphatic carbocycles. The second kappa shape index (κ2) is 7.20. The first kappa shape index (κ1) is 16.7. The first-order valence-electron chi connectivity index (χ1n) is 7.83. The van der Waals surface area contributed by atoms with E-state index in [1.165, 1.54) is 0 Å². The highest BCUT2D eigenvalue weighted by molar-refractivity contribution is 6.32. The number of methoxy groups -OCH3 is 1. The van der Waals surface area contributed by atoms with E-state index in [1.807, 2.05) is 0 Å². The third-order valence-corrected chi connectivity index (χ3v) is 4.57. The molecule has 1 heterocycles. The zero-order chi connectivity index (χ0) is 17.0. The molecule has 1 aliphatic rings. The molecule has 2 aromatic rings. The molecule has 1 fully saturated rings. The maximum absolute atomic E-state index is 12.4. The van der Waals surface area contributed by atoms with Crippen LogP contribution in [0.15, 0.2) is 42.7 Å². The lowest BCUT2D eigenvalue weighted by Crippen LogP contribution is -2.42. The van der Waals surface area contributed by atoms with Gasteiger partial charge in [-0.3, -0.25) is 9.78 Å². The molecule has 0 bridgehead atoms. The van der Waals surface area contributed by atoms with Crippen molar-refractivity contribution < 1.29 is 14.3 Å². The third-order valence-electron chi connectivity index (χ3n) is 4.28. The van der Waals surface area contributed by atoms with Crippen LogP contribution in [0.25, 0.3) is 0 Å². The number of benzene rings is 1. The lowest BCUT2D eigenvalue weighted by molar-refractivity contribution is -0.129. The Hall–Kier alpha value is -2.11. The van der Waals surface area contributed by atoms with Crippen LogP contribution in [0.1, 0.15) is 25.7 Å². The maximum Gasteiger partial charge on any atom is 0.227 e. The number of carbonyl (C=O) groups is 1. The Morgan fingerprint density at radius 1 is 1.33 bits per heavy atom. The van der Waals surface area contributed by atoms with E-state index in [-0.39, 0.29) is 11.5 Å². The van der Waals surface area contributed by atoms with Crippen LogP contribution in [0.3, 0.4) is 0 Å². The van der Waals surface area contributed by atoms with Crippen LogP contribution in [-0.4, -0.2) is 23.6 Å². The summed E-state index contributed by atoms with van der Waals surface area (Å²) in [4.78, 5) is 16.4. The lowest BCUT2D eigenvalue weighted by Gasteiger charge is -2.39. The lowest BCUT2D eigenvalue weighted by atomic mass is 9.77. The molecular formula is C18H19ClN2O3. The SMILES string of the molecule is COC1(CC(=O)Nc2cccc(Cl)c2Oc2cccnc2)CCC1. The monoisotopic (exact) mass is 346 g/mol. The zero-order valence-corrected chi connectivity index (χ0v) is 14.2. The Balaban J connectivity index is 1.75. The number of ether oxygens (including phenoxy) is 2. The molecule has 1 aromatic carbocycles. The third kappa shape index (κ3) is 3.68. The number of nitrogens with one attached hydrogen (secondary N) is 1. The molecule has 126 valence electrons. The van der Waals surface area contributed by atoms with Gasteiger partial charge < -0.3 is 14.8 Å². The molecule has 0 atom stereocenters. The number of amides is 1. The van der Waals surface area contributed by atoms with Gasteiger partial charge in [0.2, 0.25) is 5.91 Å². The largest absolute Gasteiger partial charge is 0.452 e. The van der Waals surface area contributed by atoms with Crippen molar-refractivity contribution in [1.29, 1.82) is 0 Å². The molecule has 1 saturated carbocycles. The fourth-order valence-corrected chi connectivity index (χ4v) is 2.96. The minimum Gasteiger partial charge on any atom is -0.452 e. The van der Waals surface area contributed by atoms with Crippen LogP contribution in [0.4, 0.5) is 5.69 Å². The predicted octanol–water partition coefficient (Wildman–Crippen LogP) is 4.43. The fraction of sp³-hybridized carbons (Fsp3) is 0.333. The van der Waals surface area contributed by atoms with Crippen molar-refractivity contribution >= 4 is 23.2 Å². The number of carbonyl (C=O) groups excluding carboxylic acids is 1. The van der Waals surface area contributed by atoms with E-state index >= 15 is 0 Å². The summed E-state index contributed by atoms with van der Waals surface area (Å²) in [5.74, 6) is 0.837. The van der Waals surface area contributed by atoms with Gasteiger partial charge in [-0.1, -0.05) is 17.7 Å². The van der Waals surface area contributed by atoms with Gasteiger partial charge in [0, 0.05) is 13.3 Å². The van der Waals surface area contributed by atoms with Gasteiger partial charge in [0.1, 0.15) is 5.75 Å². The first-order chi connectivity index (χ1) is 11.6. The summed E-state index contributed by atoms with van der Waals surface area (Å²) < 4.78 is 11.3. The Labute approximate surface area is 145 Å². The molecule has 0 unspecified atom stereocenters. The number of anilines is 1. The second-order valence-corrected chi connectivity index (χ2v) is 6.28. The minimum absolute atomic E-state index is 0.116. The average Bonchev–Trinajstić information content (AvgIpc) is 2.55. The van der Waals surface area contributed by atoms with Crippen LogP contribution < -0.4 is 10.1 Å². The number of nitrogens with zero attached hydrogens (tertiary/aromatic N) is 1. The van der Waals surface area contributed by atoms with Crippen LogP contribution >= 0.6 is 11.6 Å². The minimum atomic E-state index is -0.326. The van der Waals surface area contributed by atoms with Gasteiger partial charge in [-0.15, -0.1) is 0 Å². The van der Waals surface area contributed by atoms with Gasteiger partial charge in [0.05, 0.1) is 28.9 Å². The van der Waals surface area contributed by atoms with Crippen LogP contribution in [0.5, 0.6) is 11.5 Å². The smallest absolute Gasteiger partial charge is 0.227 e. The summed E-state index contributed by atoms with van der Waals surface area (Å²) in [5, 5.41) is 3.30. The van der Waals surface area contributed by atoms with Crippen molar-refractivity contribution in [2.24, 2.45) is 0 Å². The van der Waals surface area contributed by atoms with Gasteiger partial charge in [0.15, 0.2) is 5.75 Å². The highest BCUT2D eigenvalue weighted by Gasteiger charge is 2.39. The van der Waals surface area contributed by atoms with E-state index < -0.39 is 0 Å². The second-order valence-electron chi connectivity index (χ2n) is 5.87. The zero-order valence-electron chi connectivity index (χ0n) is 13.4. The molecule has 24 heavy (non-hydrogen) atoms. The molecule has 1 amide bonds. The average molecular weight is 347 g/mol. The molecule has 0 saturated heterocycles. The number of rotatable bonds is 6. The highest BCUT2D eigenvalue weighted by atomic mass is 35.5. The predicted molar refractivity (Wildman–Crippen MR) is 92.6 cm³/mol. The number of hydrogen-bond acceptors (Lipinski definition) is 4. The summed E-state index contributed by atoms with van der Waals surface area (Å²) in [7, 11) is 1.66. The number of para-hydroxylation sites is 1. The molecule has 1 aromatic heterocycles. The molecule has 0 spiro atoms. The van der Waals surface area contributed by atoms with Crippen LogP contribution in [-0.2, 0) is 9.53 Å². The van der Waals surface area contributed by atoms with Gasteiger partial charge in [0.25, 0.3) is 0 Å². The standard InChI is InChI=1S/C18H19ClN2O3/c1-23-18(8-4-9-18)11-16(22)21-15-7-2-6-14(19)17(15)24-13-5-3-10-20-12-13/h2-3,5-7,10,12H,4,8-9,11H2,1H3,(H,21,22). The first-order valence-corrected chi connectivity index (χ1v) is 8.21. The van der Waals surface area contributed by atoms with Crippen molar-refractivity contribution in [3.05, 3.63) is 47.7 Å². The Morgan fingerprint density at radius 2 is 2.17 bits per heavy atom. The van der Waals surface area contributed by atoms with Gasteiger partial charge in [-0.2, -0.15) is 0 Å². The van der Waals surface area contributed by atoms with E-state index in [0.29, 0.717) is 28.6 Å². The Morgan fingerprint density at radius 3 is 2.79 bits per heavy atom. The number of aromatic nitrogens is 1. The summed E-state index contributed by atoms with van der Waals surface area (Å²) >= 11 is 6.24. The molecule has 3 rings (SSSR count). The van der Waals surface area contributed by atoms with Crippen LogP contribution in [0.2, 0.25) is 5.02 Å². The van der Waals surface area contributed by atoms with Crippen molar-refractivity contribution in [2.75, 3.05) is 12.4 Å². The topological polar surface area (TPSA) is 60.5 Å². The van der Waals surface area contributed by atoms with Crippen molar-refractivity contribution in [3.8, 4) is 11.5 Å². The Kier molecular flexibility index (Phi) is 5.02. The molecule has 1 N–H and O–H groups in total. The summed E-state index contributed by atoms with van der Waals surface area (Å²) in [5.41, 5.74) is 0.203. The van der Waals surface area contributed by atoms with Crippen molar-refractivity contribution in [3.63, 3.8) is 0 Å². The molecule has 5 nitrogen and oxygen atoms in total. The summed E-state index contributed by atoms with van der Waals surface area (Å²) in [6, 6.07) is 8.78. The maximum atomic E-state index is 12.4. The van der Waals surface area contributed by atoms with Gasteiger partial charge in [-0.25, -0.2) is 0 Å². The normalized spacial score (nSPS) is 15.4. The molecule has 0 aliphatic heterocycles. The van der Waals surface area contributed by atoms with Gasteiger partial charge >= 0.3 is 0 Å². The van der Waals surface area contributed by atoms with Gasteiger partial charge in [-0.05, 0) is 43.5 Å². The highest BCUT2D eigenvalue weighted by Crippen LogP contribution is 2.40. The van der Waals surface area contributed by atoms with E-state index in [2.05, 4.69) is 10.3 Å². The van der Waals surface area contributed by atoms with Crippen molar-refractivity contribution in [1.82, 2.24) is 4.98 Å². The molecule has 6 heteroatoms.